The molecule has 0 bridgehead atoms. The fourth-order valence-electron chi connectivity index (χ4n) is 1.45. The first-order chi connectivity index (χ1) is 7.24. The van der Waals surface area contributed by atoms with Gasteiger partial charge in [-0.3, -0.25) is 0 Å². The van der Waals surface area contributed by atoms with Gasteiger partial charge in [-0.25, -0.2) is 8.42 Å². The van der Waals surface area contributed by atoms with Crippen molar-refractivity contribution in [2.45, 2.75) is 32.1 Å². The van der Waals surface area contributed by atoms with E-state index >= 15 is 0 Å². The molecule has 16 heavy (non-hydrogen) atoms. The summed E-state index contributed by atoms with van der Waals surface area (Å²) in [6.45, 7) is 6.35. The molecule has 0 heterocycles. The minimum absolute atomic E-state index is 0.0626. The first-order valence-corrected chi connectivity index (χ1v) is 6.48. The fourth-order valence-corrected chi connectivity index (χ4v) is 2.05. The summed E-state index contributed by atoms with van der Waals surface area (Å²) in [4.78, 5) is 1.36. The topological polar surface area (TPSA) is 66.4 Å². The maximum atomic E-state index is 11.2. The van der Waals surface area contributed by atoms with Crippen molar-refractivity contribution in [2.24, 2.45) is 5.41 Å². The van der Waals surface area contributed by atoms with Gasteiger partial charge >= 0.3 is 0 Å². The van der Waals surface area contributed by atoms with Gasteiger partial charge in [-0.1, -0.05) is 37.8 Å². The van der Waals surface area contributed by atoms with Crippen LogP contribution >= 0.6 is 0 Å². The summed E-state index contributed by atoms with van der Waals surface area (Å²) in [5, 5.41) is 8.47. The molecule has 1 aromatic carbocycles. The zero-order valence-corrected chi connectivity index (χ0v) is 10.5. The fraction of sp³-hybridized carbons (Fsp3) is 0.455. The van der Waals surface area contributed by atoms with Gasteiger partial charge in [0.15, 0.2) is 0 Å². The average molecular weight is 243 g/mol. The molecule has 0 aliphatic rings. The summed E-state index contributed by atoms with van der Waals surface area (Å²) in [5.41, 5.74) is 1.24. The van der Waals surface area contributed by atoms with Crippen LogP contribution in [-0.2, 0) is 16.4 Å². The van der Waals surface area contributed by atoms with Gasteiger partial charge in [0, 0.05) is 0 Å². The third-order valence-corrected chi connectivity index (χ3v) is 3.22. The van der Waals surface area contributed by atoms with Gasteiger partial charge in [0.1, 0.15) is 0 Å². The second-order valence-corrected chi connectivity index (χ2v) is 6.64. The van der Waals surface area contributed by atoms with Crippen molar-refractivity contribution in [3.8, 4) is 0 Å². The lowest BCUT2D eigenvalue weighted by molar-refractivity contribution is 0.242. The van der Waals surface area contributed by atoms with Crippen LogP contribution < -0.4 is 4.89 Å². The molecule has 0 amide bonds. The normalized spacial score (nSPS) is 12.8. The molecule has 0 spiro atoms. The number of rotatable bonds is 3. The third kappa shape index (κ3) is 3.59. The van der Waals surface area contributed by atoms with Crippen molar-refractivity contribution in [3.05, 3.63) is 29.8 Å². The molecule has 0 unspecified atom stereocenters. The lowest BCUT2D eigenvalue weighted by Gasteiger charge is -2.18. The highest BCUT2D eigenvalue weighted by molar-refractivity contribution is 7.89. The van der Waals surface area contributed by atoms with Crippen LogP contribution in [0.25, 0.3) is 0 Å². The average Bonchev–Trinajstić information content (AvgIpc) is 2.16. The standard InChI is InChI=1S/C11H17NO3S/c1-11(2,3)8-9-4-6-10(7-5-9)16(14,15)12-13/h4-7,12-13H,8H2,1-3H3. The van der Waals surface area contributed by atoms with Crippen LogP contribution in [0, 0.1) is 5.41 Å². The molecule has 1 rings (SSSR count). The zero-order chi connectivity index (χ0) is 12.4. The molecule has 1 aromatic rings. The van der Waals surface area contributed by atoms with Gasteiger partial charge in [-0.15, -0.1) is 0 Å². The predicted molar refractivity (Wildman–Crippen MR) is 61.7 cm³/mol. The molecule has 2 N–H and O–H groups in total. The van der Waals surface area contributed by atoms with E-state index in [1.807, 2.05) is 0 Å². The maximum Gasteiger partial charge on any atom is 0.262 e. The van der Waals surface area contributed by atoms with E-state index in [0.717, 1.165) is 12.0 Å². The number of nitrogens with one attached hydrogen (secondary N) is 1. The molecule has 0 radical (unpaired) electrons. The number of sulfonamides is 1. The van der Waals surface area contributed by atoms with Crippen LogP contribution in [0.4, 0.5) is 0 Å². The van der Waals surface area contributed by atoms with Gasteiger partial charge in [-0.2, -0.15) is 0 Å². The summed E-state index contributed by atoms with van der Waals surface area (Å²) < 4.78 is 22.5. The molecule has 0 aliphatic carbocycles. The molecule has 0 aromatic heterocycles. The molecule has 5 heteroatoms. The molecule has 90 valence electrons. The second kappa shape index (κ2) is 4.53. The van der Waals surface area contributed by atoms with Gasteiger partial charge in [-0.05, 0) is 29.5 Å². The Morgan fingerprint density at radius 2 is 1.69 bits per heavy atom. The summed E-state index contributed by atoms with van der Waals surface area (Å²) in [6, 6.07) is 6.49. The van der Waals surface area contributed by atoms with Gasteiger partial charge in [0.05, 0.1) is 4.90 Å². The van der Waals surface area contributed by atoms with E-state index in [9.17, 15) is 8.42 Å². The Labute approximate surface area is 96.3 Å². The van der Waals surface area contributed by atoms with Gasteiger partial charge < -0.3 is 5.21 Å². The van der Waals surface area contributed by atoms with Crippen molar-refractivity contribution in [1.82, 2.24) is 4.89 Å². The predicted octanol–water partition coefficient (Wildman–Crippen LogP) is 1.94. The minimum atomic E-state index is -3.75. The number of hydrogen-bond acceptors (Lipinski definition) is 3. The van der Waals surface area contributed by atoms with E-state index in [2.05, 4.69) is 20.8 Å². The third-order valence-electron chi connectivity index (χ3n) is 2.09. The van der Waals surface area contributed by atoms with Crippen molar-refractivity contribution >= 4 is 10.0 Å². The molecule has 0 saturated carbocycles. The smallest absolute Gasteiger partial charge is 0.262 e. The van der Waals surface area contributed by atoms with Gasteiger partial charge in [0.2, 0.25) is 0 Å². The Morgan fingerprint density at radius 1 is 1.19 bits per heavy atom. The van der Waals surface area contributed by atoms with E-state index in [0.29, 0.717) is 0 Å². The first kappa shape index (κ1) is 13.2. The van der Waals surface area contributed by atoms with E-state index in [4.69, 9.17) is 5.21 Å². The molecule has 0 aliphatic heterocycles. The minimum Gasteiger partial charge on any atom is -0.302 e. The van der Waals surface area contributed by atoms with E-state index in [-0.39, 0.29) is 10.3 Å². The second-order valence-electron chi connectivity index (χ2n) is 4.98. The summed E-state index contributed by atoms with van der Waals surface area (Å²) in [7, 11) is -3.75. The SMILES string of the molecule is CC(C)(C)Cc1ccc(S(=O)(=O)NO)cc1. The van der Waals surface area contributed by atoms with Crippen LogP contribution in [0.5, 0.6) is 0 Å². The summed E-state index contributed by atoms with van der Waals surface area (Å²) >= 11 is 0. The molecule has 0 atom stereocenters. The van der Waals surface area contributed by atoms with Crippen molar-refractivity contribution in [1.29, 1.82) is 0 Å². The van der Waals surface area contributed by atoms with Crippen LogP contribution in [0.3, 0.4) is 0 Å². The Hall–Kier alpha value is -0.910. The largest absolute Gasteiger partial charge is 0.302 e. The molecule has 4 nitrogen and oxygen atoms in total. The van der Waals surface area contributed by atoms with Crippen LogP contribution in [-0.4, -0.2) is 13.6 Å². The Balaban J connectivity index is 2.93. The lowest BCUT2D eigenvalue weighted by Crippen LogP contribution is -2.19. The van der Waals surface area contributed by atoms with Crippen molar-refractivity contribution < 1.29 is 13.6 Å². The number of benzene rings is 1. The molecule has 0 fully saturated rings. The number of hydrogen-bond donors (Lipinski definition) is 2. The van der Waals surface area contributed by atoms with Crippen LogP contribution in [0.1, 0.15) is 26.3 Å². The van der Waals surface area contributed by atoms with E-state index in [1.165, 1.54) is 17.0 Å². The molecular weight excluding hydrogens is 226 g/mol. The highest BCUT2D eigenvalue weighted by Gasteiger charge is 2.14. The van der Waals surface area contributed by atoms with Crippen molar-refractivity contribution in [3.63, 3.8) is 0 Å². The van der Waals surface area contributed by atoms with Gasteiger partial charge in [0.25, 0.3) is 10.0 Å². The quantitative estimate of drug-likeness (QED) is 0.797. The van der Waals surface area contributed by atoms with E-state index in [1.54, 1.807) is 12.1 Å². The maximum absolute atomic E-state index is 11.2. The Kier molecular flexibility index (Phi) is 3.72. The lowest BCUT2D eigenvalue weighted by atomic mass is 9.88. The first-order valence-electron chi connectivity index (χ1n) is 4.99. The summed E-state index contributed by atoms with van der Waals surface area (Å²) in [6.07, 6.45) is 0.875. The molecular formula is C11H17NO3S. The summed E-state index contributed by atoms with van der Waals surface area (Å²) in [5.74, 6) is 0. The monoisotopic (exact) mass is 243 g/mol. The van der Waals surface area contributed by atoms with Crippen molar-refractivity contribution in [2.75, 3.05) is 0 Å². The Morgan fingerprint density at radius 3 is 2.06 bits per heavy atom. The van der Waals surface area contributed by atoms with E-state index < -0.39 is 10.0 Å². The Bertz CT molecular complexity index is 443. The van der Waals surface area contributed by atoms with Crippen LogP contribution in [0.15, 0.2) is 29.2 Å². The van der Waals surface area contributed by atoms with Crippen LogP contribution in [0.2, 0.25) is 0 Å². The zero-order valence-electron chi connectivity index (χ0n) is 9.69. The highest BCUT2D eigenvalue weighted by Crippen LogP contribution is 2.21. The molecule has 0 saturated heterocycles. The highest BCUT2D eigenvalue weighted by atomic mass is 32.2.